The van der Waals surface area contributed by atoms with E-state index in [0.717, 1.165) is 0 Å². The lowest BCUT2D eigenvalue weighted by atomic mass is 10.5. The van der Waals surface area contributed by atoms with Gasteiger partial charge in [-0.2, -0.15) is 0 Å². The second-order valence-electron chi connectivity index (χ2n) is 2.61. The smallest absolute Gasteiger partial charge is 0.410 e. The maximum atomic E-state index is 11.3. The van der Waals surface area contributed by atoms with Crippen LogP contribution in [0.5, 0.6) is 0 Å². The molecule has 0 aliphatic heterocycles. The van der Waals surface area contributed by atoms with Gasteiger partial charge in [0.1, 0.15) is 13.2 Å². The quantitative estimate of drug-likeness (QED) is 0.487. The van der Waals surface area contributed by atoms with Gasteiger partial charge in [-0.3, -0.25) is 9.69 Å². The molecule has 0 rings (SSSR count). The predicted octanol–water partition coefficient (Wildman–Crippen LogP) is 0.970. The summed E-state index contributed by atoms with van der Waals surface area (Å²) < 4.78 is 9.20. The fourth-order valence-electron chi connectivity index (χ4n) is 0.801. The molecule has 0 fully saturated rings. The molecule has 15 heavy (non-hydrogen) atoms. The minimum absolute atomic E-state index is 0.105. The Bertz CT molecular complexity index is 250. The SMILES string of the molecule is C=CCOC(=O)N(CC=C)CC(=O)OC. The van der Waals surface area contributed by atoms with Crippen molar-refractivity contribution < 1.29 is 19.1 Å². The van der Waals surface area contributed by atoms with Crippen LogP contribution in [0.1, 0.15) is 0 Å². The molecular formula is C10H15NO4. The van der Waals surface area contributed by atoms with Crippen LogP contribution in [0, 0.1) is 0 Å². The van der Waals surface area contributed by atoms with Gasteiger partial charge in [0.2, 0.25) is 0 Å². The highest BCUT2D eigenvalue weighted by Crippen LogP contribution is 1.95. The van der Waals surface area contributed by atoms with E-state index in [9.17, 15) is 9.59 Å². The zero-order valence-electron chi connectivity index (χ0n) is 8.77. The lowest BCUT2D eigenvalue weighted by Crippen LogP contribution is -2.36. The largest absolute Gasteiger partial charge is 0.468 e. The summed E-state index contributed by atoms with van der Waals surface area (Å²) in [5.41, 5.74) is 0. The lowest BCUT2D eigenvalue weighted by molar-refractivity contribution is -0.141. The third kappa shape index (κ3) is 5.51. The van der Waals surface area contributed by atoms with E-state index in [1.165, 1.54) is 24.2 Å². The van der Waals surface area contributed by atoms with Gasteiger partial charge in [0.15, 0.2) is 0 Å². The van der Waals surface area contributed by atoms with Gasteiger partial charge in [-0.05, 0) is 0 Å². The van der Waals surface area contributed by atoms with Crippen LogP contribution in [-0.2, 0) is 14.3 Å². The standard InChI is InChI=1S/C10H15NO4/c1-4-6-11(8-9(12)14-3)10(13)15-7-5-2/h4-5H,1-2,6-8H2,3H3. The number of hydrogen-bond donors (Lipinski definition) is 0. The molecule has 5 nitrogen and oxygen atoms in total. The van der Waals surface area contributed by atoms with Crippen LogP contribution in [0.4, 0.5) is 4.79 Å². The molecule has 0 aliphatic carbocycles. The fraction of sp³-hybridized carbons (Fsp3) is 0.400. The maximum absolute atomic E-state index is 11.3. The molecule has 0 heterocycles. The van der Waals surface area contributed by atoms with Crippen LogP contribution in [0.3, 0.4) is 0 Å². The van der Waals surface area contributed by atoms with Gasteiger partial charge < -0.3 is 9.47 Å². The summed E-state index contributed by atoms with van der Waals surface area (Å²) in [6.45, 7) is 7.06. The maximum Gasteiger partial charge on any atom is 0.410 e. The average molecular weight is 213 g/mol. The Morgan fingerprint density at radius 3 is 2.47 bits per heavy atom. The van der Waals surface area contributed by atoms with Crippen molar-refractivity contribution in [1.29, 1.82) is 0 Å². The Labute approximate surface area is 89.0 Å². The summed E-state index contributed by atoms with van der Waals surface area (Å²) in [6.07, 6.45) is 2.35. The second-order valence-corrected chi connectivity index (χ2v) is 2.61. The molecule has 0 aliphatic rings. The van der Waals surface area contributed by atoms with Gasteiger partial charge >= 0.3 is 12.1 Å². The average Bonchev–Trinajstić information content (AvgIpc) is 2.24. The molecule has 0 spiro atoms. The highest BCUT2D eigenvalue weighted by Gasteiger charge is 2.16. The molecule has 84 valence electrons. The number of nitrogens with zero attached hydrogens (tertiary/aromatic N) is 1. The van der Waals surface area contributed by atoms with E-state index in [2.05, 4.69) is 17.9 Å². The normalized spacial score (nSPS) is 8.87. The topological polar surface area (TPSA) is 55.8 Å². The molecule has 0 radical (unpaired) electrons. The molecule has 0 saturated heterocycles. The first-order chi connectivity index (χ1) is 7.15. The number of carbonyl (C=O) groups is 2. The summed E-state index contributed by atoms with van der Waals surface area (Å²) >= 11 is 0. The first kappa shape index (κ1) is 13.2. The molecule has 0 unspecified atom stereocenters. The highest BCUT2D eigenvalue weighted by molar-refractivity contribution is 5.78. The van der Waals surface area contributed by atoms with Gasteiger partial charge in [-0.25, -0.2) is 4.79 Å². The van der Waals surface area contributed by atoms with E-state index in [1.54, 1.807) is 0 Å². The Balaban J connectivity index is 4.23. The highest BCUT2D eigenvalue weighted by atomic mass is 16.6. The Morgan fingerprint density at radius 1 is 1.33 bits per heavy atom. The second kappa shape index (κ2) is 7.61. The summed E-state index contributed by atoms with van der Waals surface area (Å²) in [6, 6.07) is 0. The van der Waals surface area contributed by atoms with Crippen LogP contribution >= 0.6 is 0 Å². The third-order valence-corrected chi connectivity index (χ3v) is 1.48. The molecule has 0 bridgehead atoms. The summed E-state index contributed by atoms with van der Waals surface area (Å²) in [4.78, 5) is 23.5. The first-order valence-corrected chi connectivity index (χ1v) is 4.36. The molecule has 5 heteroatoms. The van der Waals surface area contributed by atoms with Crippen molar-refractivity contribution in [2.75, 3.05) is 26.8 Å². The zero-order valence-corrected chi connectivity index (χ0v) is 8.77. The van der Waals surface area contributed by atoms with Crippen LogP contribution in [0.15, 0.2) is 25.3 Å². The van der Waals surface area contributed by atoms with Crippen molar-refractivity contribution in [3.63, 3.8) is 0 Å². The van der Waals surface area contributed by atoms with E-state index >= 15 is 0 Å². The van der Waals surface area contributed by atoms with Crippen molar-refractivity contribution >= 4 is 12.1 Å². The number of amides is 1. The van der Waals surface area contributed by atoms with Crippen molar-refractivity contribution in [3.8, 4) is 0 Å². The minimum Gasteiger partial charge on any atom is -0.468 e. The van der Waals surface area contributed by atoms with E-state index in [-0.39, 0.29) is 19.7 Å². The number of methoxy groups -OCH3 is 1. The molecule has 0 saturated carbocycles. The van der Waals surface area contributed by atoms with Crippen molar-refractivity contribution in [1.82, 2.24) is 4.90 Å². The van der Waals surface area contributed by atoms with E-state index in [0.29, 0.717) is 0 Å². The number of rotatable bonds is 6. The Morgan fingerprint density at radius 2 is 2.00 bits per heavy atom. The summed E-state index contributed by atoms with van der Waals surface area (Å²) in [7, 11) is 1.25. The molecule has 0 aromatic heterocycles. The first-order valence-electron chi connectivity index (χ1n) is 4.36. The predicted molar refractivity (Wildman–Crippen MR) is 55.3 cm³/mol. The molecule has 0 N–H and O–H groups in total. The Kier molecular flexibility index (Phi) is 6.70. The van der Waals surface area contributed by atoms with Crippen molar-refractivity contribution in [2.24, 2.45) is 0 Å². The molecular weight excluding hydrogens is 198 g/mol. The van der Waals surface area contributed by atoms with Gasteiger partial charge in [0, 0.05) is 6.54 Å². The van der Waals surface area contributed by atoms with Crippen LogP contribution in [-0.4, -0.2) is 43.8 Å². The monoisotopic (exact) mass is 213 g/mol. The van der Waals surface area contributed by atoms with Crippen LogP contribution in [0.25, 0.3) is 0 Å². The summed E-state index contributed by atoms with van der Waals surface area (Å²) in [5, 5.41) is 0. The summed E-state index contributed by atoms with van der Waals surface area (Å²) in [5.74, 6) is -0.507. The number of esters is 1. The number of ether oxygens (including phenoxy) is 2. The molecule has 0 atom stereocenters. The molecule has 0 aromatic carbocycles. The number of hydrogen-bond acceptors (Lipinski definition) is 4. The lowest BCUT2D eigenvalue weighted by Gasteiger charge is -2.18. The van der Waals surface area contributed by atoms with Crippen LogP contribution in [0.2, 0.25) is 0 Å². The van der Waals surface area contributed by atoms with Gasteiger partial charge in [-0.1, -0.05) is 18.7 Å². The van der Waals surface area contributed by atoms with Gasteiger partial charge in [-0.15, -0.1) is 6.58 Å². The van der Waals surface area contributed by atoms with Crippen molar-refractivity contribution in [2.45, 2.75) is 0 Å². The Hall–Kier alpha value is -1.78. The fourth-order valence-corrected chi connectivity index (χ4v) is 0.801. The van der Waals surface area contributed by atoms with Crippen molar-refractivity contribution in [3.05, 3.63) is 25.3 Å². The van der Waals surface area contributed by atoms with Gasteiger partial charge in [0.05, 0.1) is 7.11 Å². The van der Waals surface area contributed by atoms with Gasteiger partial charge in [0.25, 0.3) is 0 Å². The van der Waals surface area contributed by atoms with E-state index in [1.807, 2.05) is 0 Å². The number of carbonyl (C=O) groups excluding carboxylic acids is 2. The van der Waals surface area contributed by atoms with E-state index < -0.39 is 12.1 Å². The third-order valence-electron chi connectivity index (χ3n) is 1.48. The van der Waals surface area contributed by atoms with E-state index in [4.69, 9.17) is 4.74 Å². The zero-order chi connectivity index (χ0) is 11.7. The molecule has 0 aromatic rings. The minimum atomic E-state index is -0.597. The van der Waals surface area contributed by atoms with Crippen LogP contribution < -0.4 is 0 Å². The molecule has 1 amide bonds.